The Hall–Kier alpha value is -0.610. The van der Waals surface area contributed by atoms with Crippen LogP contribution >= 0.6 is 0 Å². The predicted molar refractivity (Wildman–Crippen MR) is 64.7 cm³/mol. The molecule has 1 aliphatic heterocycles. The van der Waals surface area contributed by atoms with E-state index in [0.717, 1.165) is 25.3 Å². The van der Waals surface area contributed by atoms with Crippen LogP contribution in [0.5, 0.6) is 0 Å². The minimum Gasteiger partial charge on any atom is -0.461 e. The Balaban J connectivity index is 1.77. The molecule has 1 saturated carbocycles. The van der Waals surface area contributed by atoms with Gasteiger partial charge in [0.25, 0.3) is 0 Å². The first-order valence-corrected chi connectivity index (χ1v) is 6.81. The third kappa shape index (κ3) is 3.68. The van der Waals surface area contributed by atoms with Crippen molar-refractivity contribution in [2.75, 3.05) is 19.8 Å². The molecule has 98 valence electrons. The van der Waals surface area contributed by atoms with Crippen molar-refractivity contribution in [1.82, 2.24) is 5.32 Å². The molecule has 1 aliphatic carbocycles. The summed E-state index contributed by atoms with van der Waals surface area (Å²) in [6, 6.07) is -0.259. The molecule has 4 nitrogen and oxygen atoms in total. The molecule has 0 aromatic heterocycles. The van der Waals surface area contributed by atoms with Gasteiger partial charge >= 0.3 is 5.97 Å². The summed E-state index contributed by atoms with van der Waals surface area (Å²) in [5.41, 5.74) is 0. The van der Waals surface area contributed by atoms with Crippen molar-refractivity contribution in [3.05, 3.63) is 0 Å². The van der Waals surface area contributed by atoms with Crippen molar-refractivity contribution >= 4 is 5.97 Å². The number of hydrogen-bond acceptors (Lipinski definition) is 4. The number of ether oxygens (including phenoxy) is 2. The summed E-state index contributed by atoms with van der Waals surface area (Å²) >= 11 is 0. The smallest absolute Gasteiger partial charge is 0.325 e. The fraction of sp³-hybridized carbons (Fsp3) is 0.923. The van der Waals surface area contributed by atoms with Crippen molar-refractivity contribution in [1.29, 1.82) is 0 Å². The highest BCUT2D eigenvalue weighted by Gasteiger charge is 2.28. The first-order valence-electron chi connectivity index (χ1n) is 6.81. The molecule has 0 spiro atoms. The first-order chi connectivity index (χ1) is 8.29. The molecule has 0 aromatic rings. The van der Waals surface area contributed by atoms with Crippen molar-refractivity contribution in [3.8, 4) is 0 Å². The lowest BCUT2D eigenvalue weighted by Gasteiger charge is -2.30. The fourth-order valence-corrected chi connectivity index (χ4v) is 2.68. The lowest BCUT2D eigenvalue weighted by Crippen LogP contribution is -2.48. The summed E-state index contributed by atoms with van der Waals surface area (Å²) in [7, 11) is 0. The van der Waals surface area contributed by atoms with Crippen LogP contribution in [0.15, 0.2) is 0 Å². The number of rotatable bonds is 3. The molecule has 3 atom stereocenters. The number of morpholine rings is 1. The van der Waals surface area contributed by atoms with E-state index in [4.69, 9.17) is 9.47 Å². The lowest BCUT2D eigenvalue weighted by molar-refractivity contribution is -0.156. The molecule has 4 heteroatoms. The molecule has 1 N–H and O–H groups in total. The minimum absolute atomic E-state index is 0.130. The zero-order valence-electron chi connectivity index (χ0n) is 10.6. The molecular weight excluding hydrogens is 218 g/mol. The fourth-order valence-electron chi connectivity index (χ4n) is 2.68. The Bertz CT molecular complexity index is 251. The van der Waals surface area contributed by atoms with E-state index in [1.54, 1.807) is 0 Å². The Morgan fingerprint density at radius 2 is 2.35 bits per heavy atom. The number of hydrogen-bond donors (Lipinski definition) is 1. The van der Waals surface area contributed by atoms with E-state index in [-0.39, 0.29) is 18.1 Å². The Kier molecular flexibility index (Phi) is 4.80. The largest absolute Gasteiger partial charge is 0.461 e. The van der Waals surface area contributed by atoms with Crippen LogP contribution in [0.4, 0.5) is 0 Å². The van der Waals surface area contributed by atoms with Gasteiger partial charge in [0.2, 0.25) is 0 Å². The van der Waals surface area contributed by atoms with Crippen LogP contribution in [0.3, 0.4) is 0 Å². The van der Waals surface area contributed by atoms with Crippen LogP contribution in [0.2, 0.25) is 0 Å². The van der Waals surface area contributed by atoms with Gasteiger partial charge in [-0.25, -0.2) is 0 Å². The second-order valence-electron chi connectivity index (χ2n) is 5.08. The zero-order valence-corrected chi connectivity index (χ0v) is 10.6. The molecule has 3 unspecified atom stereocenters. The van der Waals surface area contributed by atoms with Gasteiger partial charge in [0.05, 0.1) is 13.2 Å². The van der Waals surface area contributed by atoms with E-state index in [9.17, 15) is 4.79 Å². The van der Waals surface area contributed by atoms with Crippen molar-refractivity contribution < 1.29 is 14.3 Å². The predicted octanol–water partition coefficient (Wildman–Crippen LogP) is 1.49. The molecule has 2 aliphatic rings. The van der Waals surface area contributed by atoms with Gasteiger partial charge in [-0.1, -0.05) is 19.8 Å². The highest BCUT2D eigenvalue weighted by molar-refractivity contribution is 5.76. The third-order valence-corrected chi connectivity index (χ3v) is 3.80. The van der Waals surface area contributed by atoms with E-state index in [0.29, 0.717) is 13.2 Å². The summed E-state index contributed by atoms with van der Waals surface area (Å²) in [6.07, 6.45) is 5.86. The molecule has 17 heavy (non-hydrogen) atoms. The SMILES string of the molecule is CCC1CCCC(OC(=O)C2COCCN2)C1. The maximum Gasteiger partial charge on any atom is 0.325 e. The first kappa shape index (κ1) is 12.8. The van der Waals surface area contributed by atoms with Crippen LogP contribution in [0.1, 0.15) is 39.0 Å². The van der Waals surface area contributed by atoms with Crippen LogP contribution < -0.4 is 5.32 Å². The van der Waals surface area contributed by atoms with E-state index >= 15 is 0 Å². The molecule has 2 fully saturated rings. The van der Waals surface area contributed by atoms with Gasteiger partial charge in [0.1, 0.15) is 12.1 Å². The van der Waals surface area contributed by atoms with Gasteiger partial charge < -0.3 is 14.8 Å². The highest BCUT2D eigenvalue weighted by Crippen LogP contribution is 2.28. The van der Waals surface area contributed by atoms with Crippen LogP contribution in [0, 0.1) is 5.92 Å². The van der Waals surface area contributed by atoms with E-state index < -0.39 is 0 Å². The van der Waals surface area contributed by atoms with Gasteiger partial charge in [-0.15, -0.1) is 0 Å². The quantitative estimate of drug-likeness (QED) is 0.760. The summed E-state index contributed by atoms with van der Waals surface area (Å²) in [5, 5.41) is 3.13. The molecule has 1 heterocycles. The monoisotopic (exact) mass is 241 g/mol. The molecule has 0 aromatic carbocycles. The van der Waals surface area contributed by atoms with Crippen LogP contribution in [0.25, 0.3) is 0 Å². The molecule has 0 bridgehead atoms. The average Bonchev–Trinajstić information content (AvgIpc) is 2.40. The van der Waals surface area contributed by atoms with Gasteiger partial charge in [-0.3, -0.25) is 4.79 Å². The summed E-state index contributed by atoms with van der Waals surface area (Å²) in [6.45, 7) is 4.08. The summed E-state index contributed by atoms with van der Waals surface area (Å²) < 4.78 is 10.9. The Morgan fingerprint density at radius 1 is 1.47 bits per heavy atom. The minimum atomic E-state index is -0.259. The standard InChI is InChI=1S/C13H23NO3/c1-2-10-4-3-5-11(8-10)17-13(15)12-9-16-7-6-14-12/h10-12,14H,2-9H2,1H3. The molecule has 2 rings (SSSR count). The molecular formula is C13H23NO3. The summed E-state index contributed by atoms with van der Waals surface area (Å²) in [5.74, 6) is 0.601. The maximum atomic E-state index is 11.9. The van der Waals surface area contributed by atoms with Crippen LogP contribution in [-0.2, 0) is 14.3 Å². The van der Waals surface area contributed by atoms with Crippen molar-refractivity contribution in [2.24, 2.45) is 5.92 Å². The third-order valence-electron chi connectivity index (χ3n) is 3.80. The van der Waals surface area contributed by atoms with Gasteiger partial charge in [0.15, 0.2) is 0 Å². The highest BCUT2D eigenvalue weighted by atomic mass is 16.5. The van der Waals surface area contributed by atoms with Gasteiger partial charge in [-0.2, -0.15) is 0 Å². The summed E-state index contributed by atoms with van der Waals surface area (Å²) in [4.78, 5) is 11.9. The zero-order chi connectivity index (χ0) is 12.1. The van der Waals surface area contributed by atoms with Crippen molar-refractivity contribution in [3.63, 3.8) is 0 Å². The number of esters is 1. The second-order valence-corrected chi connectivity index (χ2v) is 5.08. The van der Waals surface area contributed by atoms with E-state index in [1.165, 1.54) is 19.3 Å². The average molecular weight is 241 g/mol. The lowest BCUT2D eigenvalue weighted by atomic mass is 9.85. The number of carbonyl (C=O) groups excluding carboxylic acids is 1. The van der Waals surface area contributed by atoms with E-state index in [1.807, 2.05) is 0 Å². The molecule has 0 amide bonds. The van der Waals surface area contributed by atoms with Crippen LogP contribution in [-0.4, -0.2) is 37.9 Å². The number of carbonyl (C=O) groups is 1. The maximum absolute atomic E-state index is 11.9. The Morgan fingerprint density at radius 3 is 3.06 bits per heavy atom. The van der Waals surface area contributed by atoms with Gasteiger partial charge in [0, 0.05) is 6.54 Å². The Labute approximate surface area is 103 Å². The molecule has 0 radical (unpaired) electrons. The topological polar surface area (TPSA) is 47.6 Å². The van der Waals surface area contributed by atoms with Crippen molar-refractivity contribution in [2.45, 2.75) is 51.2 Å². The molecule has 1 saturated heterocycles. The number of nitrogens with one attached hydrogen (secondary N) is 1. The van der Waals surface area contributed by atoms with E-state index in [2.05, 4.69) is 12.2 Å². The van der Waals surface area contributed by atoms with Gasteiger partial charge in [-0.05, 0) is 25.2 Å². The normalized spacial score (nSPS) is 34.3. The second kappa shape index (κ2) is 6.36.